The first kappa shape index (κ1) is 9.67. The lowest BCUT2D eigenvalue weighted by Crippen LogP contribution is -2.34. The van der Waals surface area contributed by atoms with E-state index in [-0.39, 0.29) is 6.54 Å². The van der Waals surface area contributed by atoms with Crippen molar-refractivity contribution >= 4 is 16.9 Å². The summed E-state index contributed by atoms with van der Waals surface area (Å²) in [6.45, 7) is 0.183. The molecule has 2 aromatic rings. The van der Waals surface area contributed by atoms with Crippen molar-refractivity contribution in [2.24, 2.45) is 5.73 Å². The van der Waals surface area contributed by atoms with E-state index in [1.165, 1.54) is 0 Å². The Balaban J connectivity index is 2.32. The molecule has 3 N–H and O–H groups in total. The van der Waals surface area contributed by atoms with Crippen molar-refractivity contribution < 1.29 is 9.90 Å². The molecule has 5 nitrogen and oxygen atoms in total. The minimum absolute atomic E-state index is 0.183. The van der Waals surface area contributed by atoms with Crippen LogP contribution in [0.5, 0.6) is 0 Å². The molecule has 1 aromatic heterocycles. The van der Waals surface area contributed by atoms with Crippen LogP contribution in [0, 0.1) is 0 Å². The van der Waals surface area contributed by atoms with Crippen LogP contribution in [0.3, 0.4) is 0 Å². The number of aromatic nitrogens is 2. The average Bonchev–Trinajstić information content (AvgIpc) is 2.62. The summed E-state index contributed by atoms with van der Waals surface area (Å²) < 4.78 is 1.61. The Kier molecular flexibility index (Phi) is 2.39. The zero-order valence-corrected chi connectivity index (χ0v) is 8.00. The maximum Gasteiger partial charge on any atom is 0.322 e. The molecule has 2 rings (SSSR count). The summed E-state index contributed by atoms with van der Waals surface area (Å²) in [6, 6.07) is 6.67. The van der Waals surface area contributed by atoms with Gasteiger partial charge in [-0.2, -0.15) is 5.10 Å². The maximum absolute atomic E-state index is 10.6. The van der Waals surface area contributed by atoms with Crippen molar-refractivity contribution in [3.8, 4) is 0 Å². The van der Waals surface area contributed by atoms with Gasteiger partial charge in [-0.25, -0.2) is 0 Å². The first-order valence-corrected chi connectivity index (χ1v) is 4.57. The van der Waals surface area contributed by atoms with Crippen LogP contribution in [0.4, 0.5) is 0 Å². The maximum atomic E-state index is 10.6. The first-order chi connectivity index (χ1) is 7.18. The van der Waals surface area contributed by atoms with Gasteiger partial charge in [0, 0.05) is 5.39 Å². The lowest BCUT2D eigenvalue weighted by Gasteiger charge is -2.07. The van der Waals surface area contributed by atoms with Crippen molar-refractivity contribution in [3.63, 3.8) is 0 Å². The summed E-state index contributed by atoms with van der Waals surface area (Å²) in [5, 5.41) is 13.8. The van der Waals surface area contributed by atoms with E-state index in [1.807, 2.05) is 24.3 Å². The van der Waals surface area contributed by atoms with Crippen LogP contribution in [0.25, 0.3) is 10.9 Å². The molecule has 0 amide bonds. The molecule has 0 bridgehead atoms. The Labute approximate surface area is 86.1 Å². The standard InChI is InChI=1S/C10H11N3O2/c11-8(10(14)15)6-13-9-4-2-1-3-7(9)5-12-13/h1-5,8H,6,11H2,(H,14,15). The lowest BCUT2D eigenvalue weighted by molar-refractivity contribution is -0.138. The van der Waals surface area contributed by atoms with Crippen molar-refractivity contribution in [3.05, 3.63) is 30.5 Å². The summed E-state index contributed by atoms with van der Waals surface area (Å²) in [6.07, 6.45) is 1.70. The van der Waals surface area contributed by atoms with Gasteiger partial charge in [-0.05, 0) is 6.07 Å². The Morgan fingerprint density at radius 3 is 3.00 bits per heavy atom. The second-order valence-electron chi connectivity index (χ2n) is 3.33. The number of benzene rings is 1. The van der Waals surface area contributed by atoms with Gasteiger partial charge in [-0.3, -0.25) is 9.48 Å². The molecule has 1 atom stereocenters. The highest BCUT2D eigenvalue weighted by Crippen LogP contribution is 2.12. The molecule has 0 aliphatic carbocycles. The van der Waals surface area contributed by atoms with E-state index in [9.17, 15) is 4.79 Å². The Hall–Kier alpha value is -1.88. The molecule has 0 saturated carbocycles. The molecule has 0 aliphatic heterocycles. The fourth-order valence-corrected chi connectivity index (χ4v) is 1.44. The summed E-state index contributed by atoms with van der Waals surface area (Å²) in [7, 11) is 0. The van der Waals surface area contributed by atoms with Gasteiger partial charge in [0.2, 0.25) is 0 Å². The topological polar surface area (TPSA) is 81.1 Å². The van der Waals surface area contributed by atoms with Crippen LogP contribution in [0.15, 0.2) is 30.5 Å². The fraction of sp³-hybridized carbons (Fsp3) is 0.200. The zero-order valence-electron chi connectivity index (χ0n) is 8.00. The van der Waals surface area contributed by atoms with Gasteiger partial charge in [-0.15, -0.1) is 0 Å². The second kappa shape index (κ2) is 3.70. The predicted molar refractivity (Wildman–Crippen MR) is 55.3 cm³/mol. The van der Waals surface area contributed by atoms with Crippen LogP contribution >= 0.6 is 0 Å². The van der Waals surface area contributed by atoms with Crippen molar-refractivity contribution in [2.45, 2.75) is 12.6 Å². The quantitative estimate of drug-likeness (QED) is 0.762. The molecular formula is C10H11N3O2. The van der Waals surface area contributed by atoms with E-state index in [0.717, 1.165) is 10.9 Å². The SMILES string of the molecule is NC(Cn1ncc2ccccc21)C(=O)O. The van der Waals surface area contributed by atoms with E-state index >= 15 is 0 Å². The fourth-order valence-electron chi connectivity index (χ4n) is 1.44. The predicted octanol–water partition coefficient (Wildman–Crippen LogP) is 0.448. The van der Waals surface area contributed by atoms with Gasteiger partial charge in [0.15, 0.2) is 0 Å². The number of nitrogens with zero attached hydrogens (tertiary/aromatic N) is 2. The number of carbonyl (C=O) groups is 1. The summed E-state index contributed by atoms with van der Waals surface area (Å²) in [5.41, 5.74) is 6.34. The van der Waals surface area contributed by atoms with Crippen molar-refractivity contribution in [1.82, 2.24) is 9.78 Å². The summed E-state index contributed by atoms with van der Waals surface area (Å²) in [5.74, 6) is -1.02. The van der Waals surface area contributed by atoms with Crippen LogP contribution in [0.1, 0.15) is 0 Å². The normalized spacial score (nSPS) is 12.9. The summed E-state index contributed by atoms with van der Waals surface area (Å²) >= 11 is 0. The van der Waals surface area contributed by atoms with Crippen LogP contribution < -0.4 is 5.73 Å². The largest absolute Gasteiger partial charge is 0.480 e. The third-order valence-electron chi connectivity index (χ3n) is 2.24. The van der Waals surface area contributed by atoms with Gasteiger partial charge in [-0.1, -0.05) is 18.2 Å². The highest BCUT2D eigenvalue weighted by atomic mass is 16.4. The van der Waals surface area contributed by atoms with Gasteiger partial charge in [0.25, 0.3) is 0 Å². The van der Waals surface area contributed by atoms with Crippen LogP contribution in [-0.2, 0) is 11.3 Å². The molecule has 0 fully saturated rings. The molecule has 1 unspecified atom stereocenters. The van der Waals surface area contributed by atoms with E-state index < -0.39 is 12.0 Å². The highest BCUT2D eigenvalue weighted by Gasteiger charge is 2.13. The van der Waals surface area contributed by atoms with Gasteiger partial charge >= 0.3 is 5.97 Å². The van der Waals surface area contributed by atoms with E-state index in [1.54, 1.807) is 10.9 Å². The Morgan fingerprint density at radius 2 is 2.27 bits per heavy atom. The van der Waals surface area contributed by atoms with Crippen LogP contribution in [0.2, 0.25) is 0 Å². The molecule has 1 heterocycles. The minimum Gasteiger partial charge on any atom is -0.480 e. The molecule has 0 spiro atoms. The number of carboxylic acid groups (broad SMARTS) is 1. The smallest absolute Gasteiger partial charge is 0.322 e. The lowest BCUT2D eigenvalue weighted by atomic mass is 10.2. The molecule has 5 heteroatoms. The molecule has 1 aromatic carbocycles. The van der Waals surface area contributed by atoms with Crippen LogP contribution in [-0.4, -0.2) is 26.9 Å². The Bertz CT molecular complexity index is 492. The third kappa shape index (κ3) is 1.82. The summed E-state index contributed by atoms with van der Waals surface area (Å²) in [4.78, 5) is 10.6. The number of rotatable bonds is 3. The number of aliphatic carboxylic acids is 1. The second-order valence-corrected chi connectivity index (χ2v) is 3.33. The van der Waals surface area contributed by atoms with E-state index in [2.05, 4.69) is 5.10 Å². The molecule has 0 radical (unpaired) electrons. The monoisotopic (exact) mass is 205 g/mol. The molecule has 78 valence electrons. The van der Waals surface area contributed by atoms with E-state index in [0.29, 0.717) is 0 Å². The van der Waals surface area contributed by atoms with Gasteiger partial charge in [0.1, 0.15) is 6.04 Å². The minimum atomic E-state index is -1.02. The first-order valence-electron chi connectivity index (χ1n) is 4.57. The van der Waals surface area contributed by atoms with Crippen molar-refractivity contribution in [2.75, 3.05) is 0 Å². The Morgan fingerprint density at radius 1 is 1.53 bits per heavy atom. The van der Waals surface area contributed by atoms with Gasteiger partial charge in [0.05, 0.1) is 18.3 Å². The number of hydrogen-bond acceptors (Lipinski definition) is 3. The number of fused-ring (bicyclic) bond motifs is 1. The number of nitrogens with two attached hydrogens (primary N) is 1. The van der Waals surface area contributed by atoms with Gasteiger partial charge < -0.3 is 10.8 Å². The molecule has 15 heavy (non-hydrogen) atoms. The number of carboxylic acids is 1. The number of hydrogen-bond donors (Lipinski definition) is 2. The molecular weight excluding hydrogens is 194 g/mol. The average molecular weight is 205 g/mol. The van der Waals surface area contributed by atoms with E-state index in [4.69, 9.17) is 10.8 Å². The zero-order chi connectivity index (χ0) is 10.8. The molecule has 0 aliphatic rings. The highest BCUT2D eigenvalue weighted by molar-refractivity contribution is 5.79. The molecule has 0 saturated heterocycles. The third-order valence-corrected chi connectivity index (χ3v) is 2.24. The number of para-hydroxylation sites is 1. The van der Waals surface area contributed by atoms with Crippen molar-refractivity contribution in [1.29, 1.82) is 0 Å².